The highest BCUT2D eigenvalue weighted by Gasteiger charge is 2.66. The Kier molecular flexibility index (Phi) is 2.59. The quantitative estimate of drug-likeness (QED) is 0.731. The minimum Gasteiger partial charge on any atom is -0.197 e. The number of nitriles is 1. The Hall–Kier alpha value is -1.20. The smallest absolute Gasteiger partial charge is 0.117 e. The van der Waals surface area contributed by atoms with E-state index < -0.39 is 0 Å². The van der Waals surface area contributed by atoms with Crippen molar-refractivity contribution < 1.29 is 0 Å². The number of benzene rings is 1. The van der Waals surface area contributed by atoms with E-state index in [-0.39, 0.29) is 10.2 Å². The highest BCUT2D eigenvalue weighted by molar-refractivity contribution is 8.01. The molecule has 0 spiro atoms. The van der Waals surface area contributed by atoms with Crippen molar-refractivity contribution in [2.24, 2.45) is 5.41 Å². The molecule has 1 aliphatic carbocycles. The van der Waals surface area contributed by atoms with Gasteiger partial charge in [-0.1, -0.05) is 37.3 Å². The van der Waals surface area contributed by atoms with Gasteiger partial charge in [0, 0.05) is 10.3 Å². The number of nitrogens with zero attached hydrogens (tertiary/aromatic N) is 1. The van der Waals surface area contributed by atoms with Gasteiger partial charge in [0.05, 0.1) is 6.07 Å². The summed E-state index contributed by atoms with van der Waals surface area (Å²) in [6, 6.07) is 12.6. The highest BCUT2D eigenvalue weighted by Crippen LogP contribution is 2.68. The standard InChI is InChI=1S/C14H15NS/c1-11(2)13(3)9-14(13,10-15)16-12-7-5-4-6-8-12/h4-8H,1,9H2,2-3H3. The monoisotopic (exact) mass is 229 g/mol. The molecule has 0 radical (unpaired) electrons. The molecule has 2 unspecified atom stereocenters. The molecule has 2 rings (SSSR count). The van der Waals surface area contributed by atoms with Gasteiger partial charge in [0.2, 0.25) is 0 Å². The van der Waals surface area contributed by atoms with Crippen LogP contribution in [-0.2, 0) is 0 Å². The summed E-state index contributed by atoms with van der Waals surface area (Å²) in [6.07, 6.45) is 0.908. The van der Waals surface area contributed by atoms with Crippen LogP contribution in [0, 0.1) is 16.7 Å². The van der Waals surface area contributed by atoms with Crippen LogP contribution in [0.5, 0.6) is 0 Å². The second kappa shape index (κ2) is 3.68. The lowest BCUT2D eigenvalue weighted by atomic mass is 9.98. The molecule has 2 atom stereocenters. The van der Waals surface area contributed by atoms with Crippen molar-refractivity contribution in [3.8, 4) is 6.07 Å². The lowest BCUT2D eigenvalue weighted by Crippen LogP contribution is -2.12. The van der Waals surface area contributed by atoms with Gasteiger partial charge in [0.15, 0.2) is 0 Å². The SMILES string of the molecule is C=C(C)C1(C)CC1(C#N)Sc1ccccc1. The first kappa shape index (κ1) is 11.3. The van der Waals surface area contributed by atoms with E-state index in [1.54, 1.807) is 11.8 Å². The third-order valence-electron chi connectivity index (χ3n) is 3.53. The fourth-order valence-electron chi connectivity index (χ4n) is 1.97. The first-order chi connectivity index (χ1) is 7.54. The summed E-state index contributed by atoms with van der Waals surface area (Å²) in [5.74, 6) is 0. The summed E-state index contributed by atoms with van der Waals surface area (Å²) in [5, 5.41) is 9.39. The summed E-state index contributed by atoms with van der Waals surface area (Å²) in [6.45, 7) is 8.16. The van der Waals surface area contributed by atoms with Crippen LogP contribution in [0.1, 0.15) is 20.3 Å². The van der Waals surface area contributed by atoms with Gasteiger partial charge in [-0.3, -0.25) is 0 Å². The van der Waals surface area contributed by atoms with Crippen LogP contribution in [0.15, 0.2) is 47.4 Å². The molecule has 0 N–H and O–H groups in total. The van der Waals surface area contributed by atoms with E-state index >= 15 is 0 Å². The molecule has 0 heterocycles. The van der Waals surface area contributed by atoms with Crippen molar-refractivity contribution >= 4 is 11.8 Å². The summed E-state index contributed by atoms with van der Waals surface area (Å²) >= 11 is 1.67. The van der Waals surface area contributed by atoms with Crippen molar-refractivity contribution in [3.05, 3.63) is 42.5 Å². The Morgan fingerprint density at radius 3 is 2.50 bits per heavy atom. The van der Waals surface area contributed by atoms with Crippen molar-refractivity contribution in [2.45, 2.75) is 29.9 Å². The summed E-state index contributed by atoms with van der Waals surface area (Å²) in [4.78, 5) is 1.16. The van der Waals surface area contributed by atoms with Gasteiger partial charge in [-0.05, 0) is 25.5 Å². The summed E-state index contributed by atoms with van der Waals surface area (Å²) in [7, 11) is 0. The molecule has 0 aromatic heterocycles. The highest BCUT2D eigenvalue weighted by atomic mass is 32.2. The second-order valence-corrected chi connectivity index (χ2v) is 6.02. The van der Waals surface area contributed by atoms with Gasteiger partial charge in [-0.25, -0.2) is 0 Å². The van der Waals surface area contributed by atoms with E-state index in [4.69, 9.17) is 0 Å². The van der Waals surface area contributed by atoms with Crippen LogP contribution in [0.3, 0.4) is 0 Å². The first-order valence-corrected chi connectivity index (χ1v) is 6.17. The van der Waals surface area contributed by atoms with Gasteiger partial charge in [0.1, 0.15) is 4.75 Å². The number of thioether (sulfide) groups is 1. The lowest BCUT2D eigenvalue weighted by Gasteiger charge is -2.16. The molecule has 82 valence electrons. The Balaban J connectivity index is 2.23. The van der Waals surface area contributed by atoms with Crippen molar-refractivity contribution in [1.82, 2.24) is 0 Å². The molecule has 0 bridgehead atoms. The Bertz CT molecular complexity index is 459. The van der Waals surface area contributed by atoms with Gasteiger partial charge >= 0.3 is 0 Å². The van der Waals surface area contributed by atoms with Gasteiger partial charge in [-0.15, -0.1) is 11.8 Å². The van der Waals surface area contributed by atoms with Crippen LogP contribution in [0.2, 0.25) is 0 Å². The maximum Gasteiger partial charge on any atom is 0.117 e. The number of hydrogen-bond donors (Lipinski definition) is 0. The predicted octanol–water partition coefficient (Wildman–Crippen LogP) is 4.03. The molecule has 1 saturated carbocycles. The molecule has 1 aromatic carbocycles. The molecule has 1 aliphatic rings. The predicted molar refractivity (Wildman–Crippen MR) is 68.2 cm³/mol. The normalized spacial score (nSPS) is 31.8. The van der Waals surface area contributed by atoms with Crippen LogP contribution < -0.4 is 0 Å². The van der Waals surface area contributed by atoms with Crippen LogP contribution in [0.25, 0.3) is 0 Å². The second-order valence-electron chi connectivity index (χ2n) is 4.64. The van der Waals surface area contributed by atoms with E-state index in [1.165, 1.54) is 0 Å². The average molecular weight is 229 g/mol. The minimum absolute atomic E-state index is 0.0255. The molecule has 16 heavy (non-hydrogen) atoms. The molecular formula is C14H15NS. The average Bonchev–Trinajstić information content (AvgIpc) is 2.88. The maximum atomic E-state index is 9.39. The van der Waals surface area contributed by atoms with Crippen molar-refractivity contribution in [2.75, 3.05) is 0 Å². The largest absolute Gasteiger partial charge is 0.197 e. The zero-order valence-corrected chi connectivity index (χ0v) is 10.5. The fourth-order valence-corrected chi connectivity index (χ4v) is 3.48. The zero-order chi connectivity index (χ0) is 11.8. The molecule has 1 nitrogen and oxygen atoms in total. The van der Waals surface area contributed by atoms with E-state index in [0.717, 1.165) is 16.9 Å². The molecule has 2 heteroatoms. The molecule has 0 amide bonds. The van der Waals surface area contributed by atoms with E-state index in [2.05, 4.69) is 31.7 Å². The van der Waals surface area contributed by atoms with E-state index in [0.29, 0.717) is 0 Å². The Morgan fingerprint density at radius 1 is 1.44 bits per heavy atom. The summed E-state index contributed by atoms with van der Waals surface area (Å²) < 4.78 is -0.305. The fraction of sp³-hybridized carbons (Fsp3) is 0.357. The first-order valence-electron chi connectivity index (χ1n) is 5.35. The van der Waals surface area contributed by atoms with Crippen LogP contribution in [0.4, 0.5) is 0 Å². The number of allylic oxidation sites excluding steroid dienone is 1. The van der Waals surface area contributed by atoms with E-state index in [1.807, 2.05) is 25.1 Å². The summed E-state index contributed by atoms with van der Waals surface area (Å²) in [5.41, 5.74) is 1.08. The topological polar surface area (TPSA) is 23.8 Å². The molecule has 0 aliphatic heterocycles. The van der Waals surface area contributed by atoms with Crippen molar-refractivity contribution in [1.29, 1.82) is 5.26 Å². The third-order valence-corrected chi connectivity index (χ3v) is 5.07. The Morgan fingerprint density at radius 2 is 2.06 bits per heavy atom. The minimum atomic E-state index is -0.305. The van der Waals surface area contributed by atoms with Gasteiger partial charge in [0.25, 0.3) is 0 Å². The third kappa shape index (κ3) is 1.56. The molecule has 0 saturated heterocycles. The number of rotatable bonds is 3. The van der Waals surface area contributed by atoms with Crippen molar-refractivity contribution in [3.63, 3.8) is 0 Å². The number of hydrogen-bond acceptors (Lipinski definition) is 2. The Labute approximate surface area is 101 Å². The molecule has 1 aromatic rings. The lowest BCUT2D eigenvalue weighted by molar-refractivity contribution is 0.669. The van der Waals surface area contributed by atoms with E-state index in [9.17, 15) is 5.26 Å². The van der Waals surface area contributed by atoms with Gasteiger partial charge in [-0.2, -0.15) is 5.26 Å². The van der Waals surface area contributed by atoms with Gasteiger partial charge < -0.3 is 0 Å². The molecule has 1 fully saturated rings. The van der Waals surface area contributed by atoms with Crippen LogP contribution in [-0.4, -0.2) is 4.75 Å². The molecular weight excluding hydrogens is 214 g/mol. The van der Waals surface area contributed by atoms with Crippen LogP contribution >= 0.6 is 11.8 Å². The maximum absolute atomic E-state index is 9.39. The zero-order valence-electron chi connectivity index (χ0n) is 9.66.